The van der Waals surface area contributed by atoms with Crippen LogP contribution in [0.2, 0.25) is 0 Å². The minimum absolute atomic E-state index is 0.645. The molecular formula is C25H40. The van der Waals surface area contributed by atoms with Crippen LogP contribution in [-0.2, 0) is 0 Å². The van der Waals surface area contributed by atoms with Gasteiger partial charge in [0, 0.05) is 0 Å². The normalized spacial score (nSPS) is 10.4. The van der Waals surface area contributed by atoms with Gasteiger partial charge in [0.2, 0.25) is 0 Å². The highest BCUT2D eigenvalue weighted by molar-refractivity contribution is 5.26. The zero-order valence-electron chi connectivity index (χ0n) is 18.0. The van der Waals surface area contributed by atoms with Crippen LogP contribution >= 0.6 is 0 Å². The van der Waals surface area contributed by atoms with E-state index in [1.807, 2.05) is 6.07 Å². The van der Waals surface area contributed by atoms with E-state index in [9.17, 15) is 0 Å². The molecule has 0 bridgehead atoms. The van der Waals surface area contributed by atoms with Crippen LogP contribution in [0.3, 0.4) is 0 Å². The fraction of sp³-hybridized carbons (Fsp3) is 0.520. The summed E-state index contributed by atoms with van der Waals surface area (Å²) in [6.45, 7) is 19.8. The van der Waals surface area contributed by atoms with Gasteiger partial charge in [-0.25, -0.2) is 0 Å². The predicted molar refractivity (Wildman–Crippen MR) is 116 cm³/mol. The number of hydrogen-bond acceptors (Lipinski definition) is 0. The summed E-state index contributed by atoms with van der Waals surface area (Å²) in [4.78, 5) is 0. The van der Waals surface area contributed by atoms with Crippen LogP contribution < -0.4 is 0 Å². The Kier molecular flexibility index (Phi) is 12.0. The minimum atomic E-state index is 0.645. The maximum Gasteiger partial charge on any atom is -0.0219 e. The summed E-state index contributed by atoms with van der Waals surface area (Å²) in [6.07, 6.45) is 0. The maximum atomic E-state index is 2.24. The van der Waals surface area contributed by atoms with Crippen LogP contribution in [0.4, 0.5) is 0 Å². The molecule has 0 atom stereocenters. The van der Waals surface area contributed by atoms with E-state index in [1.165, 1.54) is 16.7 Å². The summed E-state index contributed by atoms with van der Waals surface area (Å²) < 4.78 is 0. The summed E-state index contributed by atoms with van der Waals surface area (Å²) in [5.74, 6) is 2.78. The molecule has 0 aliphatic carbocycles. The molecule has 0 unspecified atom stereocenters. The third-order valence-electron chi connectivity index (χ3n) is 3.74. The van der Waals surface area contributed by atoms with Crippen molar-refractivity contribution in [2.24, 2.45) is 5.92 Å². The van der Waals surface area contributed by atoms with E-state index in [0.29, 0.717) is 17.8 Å². The van der Waals surface area contributed by atoms with Gasteiger partial charge in [-0.1, -0.05) is 117 Å². The Morgan fingerprint density at radius 2 is 0.640 bits per heavy atom. The van der Waals surface area contributed by atoms with E-state index in [-0.39, 0.29) is 0 Å². The molecule has 0 saturated carbocycles. The van der Waals surface area contributed by atoms with E-state index in [4.69, 9.17) is 0 Å². The van der Waals surface area contributed by atoms with Crippen molar-refractivity contribution in [1.82, 2.24) is 0 Å². The lowest BCUT2D eigenvalue weighted by Crippen LogP contribution is -1.90. The first-order valence-electron chi connectivity index (χ1n) is 9.79. The smallest absolute Gasteiger partial charge is 0.0219 e. The van der Waals surface area contributed by atoms with Crippen molar-refractivity contribution < 1.29 is 0 Å². The molecule has 0 saturated heterocycles. The van der Waals surface area contributed by atoms with Gasteiger partial charge in [0.25, 0.3) is 0 Å². The Labute approximate surface area is 157 Å². The number of rotatable bonds is 3. The summed E-state index contributed by atoms with van der Waals surface area (Å²) >= 11 is 0. The second-order valence-electron chi connectivity index (χ2n) is 8.27. The molecule has 2 rings (SSSR count). The molecule has 0 spiro atoms. The van der Waals surface area contributed by atoms with Gasteiger partial charge in [0.1, 0.15) is 0 Å². The van der Waals surface area contributed by atoms with Crippen LogP contribution in [-0.4, -0.2) is 0 Å². The highest BCUT2D eigenvalue weighted by atomic mass is 14.1. The fourth-order valence-corrected chi connectivity index (χ4v) is 2.10. The summed E-state index contributed by atoms with van der Waals surface area (Å²) in [6, 6.07) is 19.5. The molecule has 25 heavy (non-hydrogen) atoms. The maximum absolute atomic E-state index is 2.24. The fourth-order valence-electron chi connectivity index (χ4n) is 2.10. The van der Waals surface area contributed by atoms with E-state index in [1.54, 1.807) is 0 Å². The van der Waals surface area contributed by atoms with Gasteiger partial charge in [0.15, 0.2) is 0 Å². The molecular weight excluding hydrogens is 300 g/mol. The van der Waals surface area contributed by atoms with E-state index < -0.39 is 0 Å². The van der Waals surface area contributed by atoms with Crippen LogP contribution in [0.5, 0.6) is 0 Å². The molecule has 0 N–H and O–H groups in total. The Morgan fingerprint density at radius 3 is 0.840 bits per heavy atom. The van der Waals surface area contributed by atoms with Crippen molar-refractivity contribution in [3.8, 4) is 0 Å². The highest BCUT2D eigenvalue weighted by Gasteiger charge is 2.00. The Morgan fingerprint density at radius 1 is 0.400 bits per heavy atom. The average molecular weight is 341 g/mol. The molecule has 140 valence electrons. The number of hydrogen-bond donors (Lipinski definition) is 0. The highest BCUT2D eigenvalue weighted by Crippen LogP contribution is 2.19. The largest absolute Gasteiger partial charge is 0.0630 e. The van der Waals surface area contributed by atoms with Gasteiger partial charge < -0.3 is 0 Å². The first-order valence-corrected chi connectivity index (χ1v) is 9.79. The lowest BCUT2D eigenvalue weighted by atomic mass is 9.97. The van der Waals surface area contributed by atoms with Gasteiger partial charge >= 0.3 is 0 Å². The summed E-state index contributed by atoms with van der Waals surface area (Å²) in [7, 11) is 0. The standard InChI is InChI=1S/C12H18.C9H12.C4H10/c1-9(2)11-5-7-12(8-6-11)10(3)4;1-8(2)9-6-4-3-5-7-9;1-4(2)3/h5-10H,1-4H3;3-8H,1-2H3;4H,1-3H3. The van der Waals surface area contributed by atoms with Crippen molar-refractivity contribution in [3.63, 3.8) is 0 Å². The topological polar surface area (TPSA) is 0 Å². The molecule has 2 aromatic carbocycles. The van der Waals surface area contributed by atoms with E-state index in [2.05, 4.69) is 111 Å². The average Bonchev–Trinajstić information content (AvgIpc) is 2.55. The Bertz CT molecular complexity index is 500. The monoisotopic (exact) mass is 340 g/mol. The SMILES string of the molecule is CC(C)C.CC(C)c1ccc(C(C)C)cc1.CC(C)c1ccccc1. The molecule has 0 heteroatoms. The van der Waals surface area contributed by atoms with Gasteiger partial charge in [-0.15, -0.1) is 0 Å². The molecule has 0 aliphatic heterocycles. The molecule has 0 fully saturated rings. The summed E-state index contributed by atoms with van der Waals surface area (Å²) in [5.41, 5.74) is 4.27. The molecule has 0 nitrogen and oxygen atoms in total. The van der Waals surface area contributed by atoms with Crippen molar-refractivity contribution >= 4 is 0 Å². The molecule has 0 aliphatic rings. The lowest BCUT2D eigenvalue weighted by Gasteiger charge is -2.08. The van der Waals surface area contributed by atoms with Crippen LogP contribution in [0.25, 0.3) is 0 Å². The molecule has 0 heterocycles. The van der Waals surface area contributed by atoms with Crippen molar-refractivity contribution in [2.75, 3.05) is 0 Å². The lowest BCUT2D eigenvalue weighted by molar-refractivity contribution is 0.737. The van der Waals surface area contributed by atoms with Crippen molar-refractivity contribution in [1.29, 1.82) is 0 Å². The quantitative estimate of drug-likeness (QED) is 0.526. The van der Waals surface area contributed by atoms with Crippen LogP contribution in [0, 0.1) is 5.92 Å². The van der Waals surface area contributed by atoms with E-state index >= 15 is 0 Å². The summed E-state index contributed by atoms with van der Waals surface area (Å²) in [5, 5.41) is 0. The van der Waals surface area contributed by atoms with Gasteiger partial charge in [-0.05, 0) is 40.4 Å². The van der Waals surface area contributed by atoms with Gasteiger partial charge in [-0.2, -0.15) is 0 Å². The molecule has 0 aromatic heterocycles. The van der Waals surface area contributed by atoms with Gasteiger partial charge in [0.05, 0.1) is 0 Å². The molecule has 2 aromatic rings. The van der Waals surface area contributed by atoms with E-state index in [0.717, 1.165) is 5.92 Å². The molecule has 0 amide bonds. The van der Waals surface area contributed by atoms with Gasteiger partial charge in [-0.3, -0.25) is 0 Å². The van der Waals surface area contributed by atoms with Crippen LogP contribution in [0.15, 0.2) is 54.6 Å². The zero-order chi connectivity index (χ0) is 19.4. The van der Waals surface area contributed by atoms with Crippen LogP contribution in [0.1, 0.15) is 96.8 Å². The number of benzene rings is 2. The third-order valence-corrected chi connectivity index (χ3v) is 3.74. The second kappa shape index (κ2) is 12.8. The Hall–Kier alpha value is -1.56. The van der Waals surface area contributed by atoms with Crippen molar-refractivity contribution in [2.45, 2.75) is 80.1 Å². The second-order valence-corrected chi connectivity index (χ2v) is 8.27. The first kappa shape index (κ1) is 23.4. The third kappa shape index (κ3) is 11.6. The first-order chi connectivity index (χ1) is 11.6. The molecule has 0 radical (unpaired) electrons. The Balaban J connectivity index is 0.000000391. The minimum Gasteiger partial charge on any atom is -0.0630 e. The van der Waals surface area contributed by atoms with Crippen molar-refractivity contribution in [3.05, 3.63) is 71.3 Å². The zero-order valence-corrected chi connectivity index (χ0v) is 18.0. The predicted octanol–water partition coefficient (Wildman–Crippen LogP) is 8.41.